The molecular formula is C6H9BrN2O. The monoisotopic (exact) mass is 204 g/mol. The van der Waals surface area contributed by atoms with E-state index in [1.807, 2.05) is 13.2 Å². The number of aromatic nitrogens is 2. The molecule has 0 saturated carbocycles. The maximum Gasteiger partial charge on any atom is 0.105 e. The maximum absolute atomic E-state index is 9.11. The van der Waals surface area contributed by atoms with Crippen LogP contribution in [0.5, 0.6) is 0 Å². The SMILES string of the molecule is C[C@@H](O)c1nn(C)cc1Br. The molecule has 0 unspecified atom stereocenters. The second kappa shape index (κ2) is 2.72. The zero-order chi connectivity index (χ0) is 7.72. The minimum atomic E-state index is -0.504. The lowest BCUT2D eigenvalue weighted by Gasteiger charge is -1.97. The summed E-state index contributed by atoms with van der Waals surface area (Å²) in [5.41, 5.74) is 0.683. The second-order valence-corrected chi connectivity index (χ2v) is 3.07. The van der Waals surface area contributed by atoms with E-state index in [-0.39, 0.29) is 0 Å². The molecule has 0 aromatic carbocycles. The Kier molecular flexibility index (Phi) is 2.11. The Bertz CT molecular complexity index is 232. The van der Waals surface area contributed by atoms with Crippen LogP contribution in [-0.4, -0.2) is 14.9 Å². The maximum atomic E-state index is 9.11. The summed E-state index contributed by atoms with van der Waals surface area (Å²) in [4.78, 5) is 0. The molecule has 56 valence electrons. The lowest BCUT2D eigenvalue weighted by molar-refractivity contribution is 0.192. The largest absolute Gasteiger partial charge is 0.387 e. The Balaban J connectivity index is 3.03. The van der Waals surface area contributed by atoms with Gasteiger partial charge in [-0.3, -0.25) is 4.68 Å². The van der Waals surface area contributed by atoms with Gasteiger partial charge in [0.2, 0.25) is 0 Å². The van der Waals surface area contributed by atoms with Crippen LogP contribution in [0.15, 0.2) is 10.7 Å². The highest BCUT2D eigenvalue weighted by Gasteiger charge is 2.08. The van der Waals surface area contributed by atoms with Gasteiger partial charge in [0.05, 0.1) is 10.6 Å². The van der Waals surface area contributed by atoms with Gasteiger partial charge in [0.15, 0.2) is 0 Å². The van der Waals surface area contributed by atoms with Crippen LogP contribution in [0.2, 0.25) is 0 Å². The van der Waals surface area contributed by atoms with E-state index in [2.05, 4.69) is 21.0 Å². The number of hydrogen-bond donors (Lipinski definition) is 1. The van der Waals surface area contributed by atoms with E-state index >= 15 is 0 Å². The highest BCUT2D eigenvalue weighted by atomic mass is 79.9. The average molecular weight is 205 g/mol. The van der Waals surface area contributed by atoms with Gasteiger partial charge in [-0.1, -0.05) is 0 Å². The van der Waals surface area contributed by atoms with Crippen LogP contribution in [0, 0.1) is 0 Å². The average Bonchev–Trinajstić information content (AvgIpc) is 2.10. The van der Waals surface area contributed by atoms with Gasteiger partial charge in [0.1, 0.15) is 5.69 Å². The highest BCUT2D eigenvalue weighted by Crippen LogP contribution is 2.20. The van der Waals surface area contributed by atoms with E-state index in [9.17, 15) is 0 Å². The van der Waals surface area contributed by atoms with Crippen LogP contribution in [0.3, 0.4) is 0 Å². The molecular weight excluding hydrogens is 196 g/mol. The Labute approximate surface area is 67.8 Å². The Morgan fingerprint density at radius 2 is 2.40 bits per heavy atom. The summed E-state index contributed by atoms with van der Waals surface area (Å²) in [5, 5.41) is 13.1. The number of halogens is 1. The fourth-order valence-electron chi connectivity index (χ4n) is 0.760. The standard InChI is InChI=1S/C6H9BrN2O/c1-4(10)6-5(7)3-9(2)8-6/h3-4,10H,1-2H3/t4-/m1/s1. The van der Waals surface area contributed by atoms with Crippen LogP contribution in [-0.2, 0) is 7.05 Å². The van der Waals surface area contributed by atoms with Crippen molar-refractivity contribution >= 4 is 15.9 Å². The molecule has 0 spiro atoms. The lowest BCUT2D eigenvalue weighted by Crippen LogP contribution is -1.95. The third kappa shape index (κ3) is 1.38. The Morgan fingerprint density at radius 1 is 1.80 bits per heavy atom. The van der Waals surface area contributed by atoms with E-state index in [0.717, 1.165) is 4.47 Å². The first kappa shape index (κ1) is 7.75. The van der Waals surface area contributed by atoms with Crippen molar-refractivity contribution in [2.45, 2.75) is 13.0 Å². The van der Waals surface area contributed by atoms with Crippen molar-refractivity contribution in [1.29, 1.82) is 0 Å². The van der Waals surface area contributed by atoms with Crippen molar-refractivity contribution in [3.63, 3.8) is 0 Å². The van der Waals surface area contributed by atoms with Gasteiger partial charge in [0.25, 0.3) is 0 Å². The van der Waals surface area contributed by atoms with Gasteiger partial charge >= 0.3 is 0 Å². The second-order valence-electron chi connectivity index (χ2n) is 2.21. The number of rotatable bonds is 1. The van der Waals surface area contributed by atoms with Crippen LogP contribution in [0.1, 0.15) is 18.7 Å². The molecule has 1 aromatic rings. The Morgan fingerprint density at radius 3 is 2.60 bits per heavy atom. The third-order valence-electron chi connectivity index (χ3n) is 1.21. The van der Waals surface area contributed by atoms with Gasteiger partial charge in [0, 0.05) is 13.2 Å². The summed E-state index contributed by atoms with van der Waals surface area (Å²) in [6.45, 7) is 1.69. The summed E-state index contributed by atoms with van der Waals surface area (Å²) in [6.07, 6.45) is 1.30. The predicted octanol–water partition coefficient (Wildman–Crippen LogP) is 1.24. The normalized spacial score (nSPS) is 13.6. The molecule has 3 nitrogen and oxygen atoms in total. The van der Waals surface area contributed by atoms with Crippen LogP contribution >= 0.6 is 15.9 Å². The van der Waals surface area contributed by atoms with E-state index in [0.29, 0.717) is 5.69 Å². The summed E-state index contributed by atoms with van der Waals surface area (Å²) in [7, 11) is 1.82. The summed E-state index contributed by atoms with van der Waals surface area (Å²) in [6, 6.07) is 0. The molecule has 0 aliphatic heterocycles. The first-order valence-electron chi connectivity index (χ1n) is 2.98. The number of aliphatic hydroxyl groups excluding tert-OH is 1. The van der Waals surface area contributed by atoms with E-state index < -0.39 is 6.10 Å². The molecule has 0 aliphatic carbocycles. The zero-order valence-corrected chi connectivity index (χ0v) is 7.46. The van der Waals surface area contributed by atoms with Crippen molar-refractivity contribution < 1.29 is 5.11 Å². The molecule has 0 bridgehead atoms. The van der Waals surface area contributed by atoms with Crippen molar-refractivity contribution in [3.05, 3.63) is 16.4 Å². The van der Waals surface area contributed by atoms with Gasteiger partial charge in [-0.05, 0) is 22.9 Å². The number of aliphatic hydroxyl groups is 1. The van der Waals surface area contributed by atoms with Crippen molar-refractivity contribution in [2.75, 3.05) is 0 Å². The predicted molar refractivity (Wildman–Crippen MR) is 41.5 cm³/mol. The van der Waals surface area contributed by atoms with Crippen LogP contribution < -0.4 is 0 Å². The number of aryl methyl sites for hydroxylation is 1. The molecule has 1 rings (SSSR count). The van der Waals surface area contributed by atoms with Crippen molar-refractivity contribution in [3.8, 4) is 0 Å². The molecule has 4 heteroatoms. The van der Waals surface area contributed by atoms with Crippen LogP contribution in [0.25, 0.3) is 0 Å². The van der Waals surface area contributed by atoms with Gasteiger partial charge in [-0.2, -0.15) is 5.10 Å². The molecule has 1 aromatic heterocycles. The van der Waals surface area contributed by atoms with Crippen LogP contribution in [0.4, 0.5) is 0 Å². The number of nitrogens with zero attached hydrogens (tertiary/aromatic N) is 2. The quantitative estimate of drug-likeness (QED) is 0.748. The fraction of sp³-hybridized carbons (Fsp3) is 0.500. The molecule has 1 heterocycles. The Hall–Kier alpha value is -0.350. The first-order valence-corrected chi connectivity index (χ1v) is 3.77. The smallest absolute Gasteiger partial charge is 0.105 e. The summed E-state index contributed by atoms with van der Waals surface area (Å²) >= 11 is 3.27. The van der Waals surface area contributed by atoms with Gasteiger partial charge < -0.3 is 5.11 Å². The molecule has 1 N–H and O–H groups in total. The topological polar surface area (TPSA) is 38.1 Å². The molecule has 0 saturated heterocycles. The zero-order valence-electron chi connectivity index (χ0n) is 5.87. The highest BCUT2D eigenvalue weighted by molar-refractivity contribution is 9.10. The third-order valence-corrected chi connectivity index (χ3v) is 1.82. The van der Waals surface area contributed by atoms with Crippen molar-refractivity contribution in [2.24, 2.45) is 7.05 Å². The molecule has 10 heavy (non-hydrogen) atoms. The molecule has 1 atom stereocenters. The summed E-state index contributed by atoms with van der Waals surface area (Å²) < 4.78 is 2.51. The number of hydrogen-bond acceptors (Lipinski definition) is 2. The molecule has 0 aliphatic rings. The molecule has 0 fully saturated rings. The van der Waals surface area contributed by atoms with E-state index in [4.69, 9.17) is 5.11 Å². The fourth-order valence-corrected chi connectivity index (χ4v) is 1.47. The van der Waals surface area contributed by atoms with Gasteiger partial charge in [-0.25, -0.2) is 0 Å². The van der Waals surface area contributed by atoms with E-state index in [1.54, 1.807) is 11.6 Å². The minimum Gasteiger partial charge on any atom is -0.387 e. The lowest BCUT2D eigenvalue weighted by atomic mass is 10.3. The van der Waals surface area contributed by atoms with Crippen molar-refractivity contribution in [1.82, 2.24) is 9.78 Å². The molecule has 0 amide bonds. The summed E-state index contributed by atoms with van der Waals surface area (Å²) in [5.74, 6) is 0. The van der Waals surface area contributed by atoms with E-state index in [1.165, 1.54) is 0 Å². The molecule has 0 radical (unpaired) electrons. The minimum absolute atomic E-state index is 0.504. The van der Waals surface area contributed by atoms with Gasteiger partial charge in [-0.15, -0.1) is 0 Å². The first-order chi connectivity index (χ1) is 4.61.